The van der Waals surface area contributed by atoms with E-state index in [0.29, 0.717) is 5.69 Å². The van der Waals surface area contributed by atoms with Gasteiger partial charge in [0.05, 0.1) is 11.3 Å². The van der Waals surface area contributed by atoms with Gasteiger partial charge in [0.1, 0.15) is 6.04 Å². The number of amides is 1. The van der Waals surface area contributed by atoms with Gasteiger partial charge in [-0.05, 0) is 36.4 Å². The fourth-order valence-electron chi connectivity index (χ4n) is 2.23. The predicted molar refractivity (Wildman–Crippen MR) is 99.2 cm³/mol. The highest BCUT2D eigenvalue weighted by atomic mass is 32.2. The highest BCUT2D eigenvalue weighted by molar-refractivity contribution is 7.89. The van der Waals surface area contributed by atoms with E-state index >= 15 is 0 Å². The Labute approximate surface area is 160 Å². The van der Waals surface area contributed by atoms with Crippen LogP contribution >= 0.6 is 0 Å². The highest BCUT2D eigenvalue weighted by Gasteiger charge is 2.27. The van der Waals surface area contributed by atoms with E-state index in [9.17, 15) is 22.8 Å². The van der Waals surface area contributed by atoms with Crippen LogP contribution in [0.4, 0.5) is 11.4 Å². The van der Waals surface area contributed by atoms with Crippen LogP contribution in [-0.2, 0) is 19.6 Å². The van der Waals surface area contributed by atoms with Gasteiger partial charge in [-0.2, -0.15) is 4.72 Å². The molecule has 10 nitrogen and oxygen atoms in total. The number of nitrogens with two attached hydrogens (primary N) is 1. The third-order valence-corrected chi connectivity index (χ3v) is 4.99. The summed E-state index contributed by atoms with van der Waals surface area (Å²) in [6.45, 7) is 0. The van der Waals surface area contributed by atoms with E-state index in [0.717, 1.165) is 6.07 Å². The van der Waals surface area contributed by atoms with Gasteiger partial charge in [-0.1, -0.05) is 12.1 Å². The number of carbonyl (C=O) groups is 3. The number of benzene rings is 2. The SMILES string of the molecule is Nc1cccc(C(=O)Nc2cccc(S(=O)(=O)N[C@@H](CC(=O)O)C(=O)O)c2)c1. The summed E-state index contributed by atoms with van der Waals surface area (Å²) >= 11 is 0. The molecule has 0 unspecified atom stereocenters. The minimum Gasteiger partial charge on any atom is -0.481 e. The summed E-state index contributed by atoms with van der Waals surface area (Å²) in [4.78, 5) is 33.7. The maximum atomic E-state index is 12.4. The first-order valence-corrected chi connectivity index (χ1v) is 9.30. The molecule has 0 aliphatic heterocycles. The number of carbonyl (C=O) groups excluding carboxylic acids is 1. The number of aliphatic carboxylic acids is 2. The fourth-order valence-corrected chi connectivity index (χ4v) is 3.47. The maximum absolute atomic E-state index is 12.4. The van der Waals surface area contributed by atoms with Crippen LogP contribution in [0.1, 0.15) is 16.8 Å². The fraction of sp³-hybridized carbons (Fsp3) is 0.118. The van der Waals surface area contributed by atoms with Crippen molar-refractivity contribution in [3.63, 3.8) is 0 Å². The number of nitrogens with one attached hydrogen (secondary N) is 2. The molecule has 0 spiro atoms. The molecule has 0 radical (unpaired) electrons. The predicted octanol–water partition coefficient (Wildman–Crippen LogP) is 0.727. The Morgan fingerprint density at radius 1 is 1.04 bits per heavy atom. The van der Waals surface area contributed by atoms with Crippen molar-refractivity contribution in [1.82, 2.24) is 4.72 Å². The van der Waals surface area contributed by atoms with Crippen LogP contribution in [0.25, 0.3) is 0 Å². The van der Waals surface area contributed by atoms with Crippen LogP contribution in [0, 0.1) is 0 Å². The number of anilines is 2. The average Bonchev–Trinajstić information content (AvgIpc) is 2.60. The Morgan fingerprint density at radius 3 is 2.32 bits per heavy atom. The van der Waals surface area contributed by atoms with Crippen molar-refractivity contribution < 1.29 is 33.0 Å². The molecule has 28 heavy (non-hydrogen) atoms. The summed E-state index contributed by atoms with van der Waals surface area (Å²) in [5.41, 5.74) is 6.40. The maximum Gasteiger partial charge on any atom is 0.322 e. The lowest BCUT2D eigenvalue weighted by Crippen LogP contribution is -2.42. The van der Waals surface area contributed by atoms with Gasteiger partial charge in [-0.3, -0.25) is 14.4 Å². The Bertz CT molecular complexity index is 1020. The Balaban J connectivity index is 2.22. The molecule has 148 valence electrons. The summed E-state index contributed by atoms with van der Waals surface area (Å²) in [6, 6.07) is 9.40. The molecule has 0 heterocycles. The van der Waals surface area contributed by atoms with Gasteiger partial charge in [0.15, 0.2) is 0 Å². The Hall–Kier alpha value is -3.44. The van der Waals surface area contributed by atoms with Gasteiger partial charge < -0.3 is 21.3 Å². The molecule has 0 fully saturated rings. The molecule has 0 aliphatic rings. The lowest BCUT2D eigenvalue weighted by atomic mass is 10.2. The molecule has 0 saturated heterocycles. The van der Waals surface area contributed by atoms with Crippen molar-refractivity contribution in [2.45, 2.75) is 17.4 Å². The number of hydrogen-bond donors (Lipinski definition) is 5. The van der Waals surface area contributed by atoms with Gasteiger partial charge in [0.25, 0.3) is 5.91 Å². The van der Waals surface area contributed by atoms with Gasteiger partial charge in [-0.15, -0.1) is 0 Å². The zero-order valence-electron chi connectivity index (χ0n) is 14.3. The third-order valence-electron chi connectivity index (χ3n) is 3.53. The van der Waals surface area contributed by atoms with Crippen molar-refractivity contribution >= 4 is 39.2 Å². The summed E-state index contributed by atoms with van der Waals surface area (Å²) in [6.07, 6.45) is -0.930. The molecular weight excluding hydrogens is 390 g/mol. The second kappa shape index (κ2) is 8.50. The first kappa shape index (κ1) is 20.9. The number of sulfonamides is 1. The summed E-state index contributed by atoms with van der Waals surface area (Å²) in [5.74, 6) is -3.63. The molecule has 0 saturated carbocycles. The summed E-state index contributed by atoms with van der Waals surface area (Å²) in [5, 5.41) is 20.2. The van der Waals surface area contributed by atoms with Crippen LogP contribution in [0.15, 0.2) is 53.4 Å². The first-order valence-electron chi connectivity index (χ1n) is 7.82. The van der Waals surface area contributed by atoms with Gasteiger partial charge in [0, 0.05) is 16.9 Å². The third kappa shape index (κ3) is 5.53. The summed E-state index contributed by atoms with van der Waals surface area (Å²) < 4.78 is 26.6. The molecule has 0 bridgehead atoms. The molecule has 0 aromatic heterocycles. The van der Waals surface area contributed by atoms with E-state index in [1.54, 1.807) is 12.1 Å². The smallest absolute Gasteiger partial charge is 0.322 e. The Morgan fingerprint density at radius 2 is 1.71 bits per heavy atom. The molecular formula is C17H17N3O7S. The Kier molecular flexibility index (Phi) is 6.33. The van der Waals surface area contributed by atoms with Crippen LogP contribution in [0.5, 0.6) is 0 Å². The van der Waals surface area contributed by atoms with Gasteiger partial charge in [0.2, 0.25) is 10.0 Å². The van der Waals surface area contributed by atoms with Gasteiger partial charge >= 0.3 is 11.9 Å². The van der Waals surface area contributed by atoms with E-state index in [1.165, 1.54) is 30.3 Å². The van der Waals surface area contributed by atoms with Gasteiger partial charge in [-0.25, -0.2) is 8.42 Å². The second-order valence-corrected chi connectivity index (χ2v) is 7.43. The van der Waals surface area contributed by atoms with Crippen molar-refractivity contribution in [3.8, 4) is 0 Å². The monoisotopic (exact) mass is 407 g/mol. The lowest BCUT2D eigenvalue weighted by molar-refractivity contribution is -0.145. The zero-order chi connectivity index (χ0) is 20.9. The largest absolute Gasteiger partial charge is 0.481 e. The molecule has 2 aromatic rings. The van der Waals surface area contributed by atoms with E-state index in [2.05, 4.69) is 5.32 Å². The number of carboxylic acids is 2. The molecule has 6 N–H and O–H groups in total. The van der Waals surface area contributed by atoms with Crippen LogP contribution < -0.4 is 15.8 Å². The normalized spacial score (nSPS) is 12.1. The summed E-state index contributed by atoms with van der Waals surface area (Å²) in [7, 11) is -4.35. The van der Waals surface area contributed by atoms with E-state index in [-0.39, 0.29) is 16.1 Å². The quantitative estimate of drug-likeness (QED) is 0.398. The topological polar surface area (TPSA) is 176 Å². The first-order chi connectivity index (χ1) is 13.1. The molecule has 11 heteroatoms. The molecule has 2 rings (SSSR count). The van der Waals surface area contributed by atoms with Crippen molar-refractivity contribution in [1.29, 1.82) is 0 Å². The minimum atomic E-state index is -4.35. The van der Waals surface area contributed by atoms with E-state index in [1.807, 2.05) is 4.72 Å². The van der Waals surface area contributed by atoms with E-state index in [4.69, 9.17) is 15.9 Å². The number of carboxylic acid groups (broad SMARTS) is 2. The molecule has 1 amide bonds. The van der Waals surface area contributed by atoms with Crippen molar-refractivity contribution in [2.75, 3.05) is 11.1 Å². The van der Waals surface area contributed by atoms with Crippen LogP contribution in [-0.4, -0.2) is 42.5 Å². The zero-order valence-corrected chi connectivity index (χ0v) is 15.1. The number of rotatable bonds is 8. The van der Waals surface area contributed by atoms with Crippen LogP contribution in [0.2, 0.25) is 0 Å². The minimum absolute atomic E-state index is 0.139. The molecule has 2 aromatic carbocycles. The standard InChI is InChI=1S/C17H17N3O7S/c18-11-4-1-3-10(7-11)16(23)19-12-5-2-6-13(8-12)28(26,27)20-14(17(24)25)9-15(21)22/h1-8,14,20H,9,18H2,(H,19,23)(H,21,22)(H,24,25)/t14-/m0/s1. The average molecular weight is 407 g/mol. The second-order valence-electron chi connectivity index (χ2n) is 5.72. The van der Waals surface area contributed by atoms with E-state index < -0.39 is 40.3 Å². The number of hydrogen-bond acceptors (Lipinski definition) is 6. The van der Waals surface area contributed by atoms with Crippen molar-refractivity contribution in [2.24, 2.45) is 0 Å². The van der Waals surface area contributed by atoms with Crippen LogP contribution in [0.3, 0.4) is 0 Å². The molecule has 0 aliphatic carbocycles. The number of nitrogen functional groups attached to an aromatic ring is 1. The molecule has 1 atom stereocenters. The van der Waals surface area contributed by atoms with Crippen molar-refractivity contribution in [3.05, 3.63) is 54.1 Å². The lowest BCUT2D eigenvalue weighted by Gasteiger charge is -2.14. The highest BCUT2D eigenvalue weighted by Crippen LogP contribution is 2.18.